The highest BCUT2D eigenvalue weighted by Gasteiger charge is 2.13. The van der Waals surface area contributed by atoms with E-state index in [4.69, 9.17) is 0 Å². The molecule has 0 radical (unpaired) electrons. The minimum absolute atomic E-state index is 0.249. The fourth-order valence-corrected chi connectivity index (χ4v) is 2.42. The molecule has 2 aromatic carbocycles. The van der Waals surface area contributed by atoms with Gasteiger partial charge in [-0.1, -0.05) is 48.5 Å². The molecule has 0 fully saturated rings. The van der Waals surface area contributed by atoms with Crippen LogP contribution in [0, 0.1) is 18.9 Å². The number of hydrogen-bond acceptors (Lipinski definition) is 2. The lowest BCUT2D eigenvalue weighted by molar-refractivity contribution is 0.515. The van der Waals surface area contributed by atoms with Crippen LogP contribution in [0.5, 0.6) is 0 Å². The van der Waals surface area contributed by atoms with Gasteiger partial charge in [0.2, 0.25) is 10.0 Å². The molecule has 2 rings (SSSR count). The van der Waals surface area contributed by atoms with E-state index in [1.165, 1.54) is 10.6 Å². The number of sulfonamides is 1. The zero-order chi connectivity index (χ0) is 15.3. The summed E-state index contributed by atoms with van der Waals surface area (Å²) in [6, 6.07) is 19.8. The average Bonchev–Trinajstić information content (AvgIpc) is 2.45. The summed E-state index contributed by atoms with van der Waals surface area (Å²) in [4.78, 5) is 0. The van der Waals surface area contributed by atoms with Gasteiger partial charge in [-0.05, 0) is 30.0 Å². The van der Waals surface area contributed by atoms with Crippen LogP contribution in [0.3, 0.4) is 0 Å². The van der Waals surface area contributed by atoms with Crippen molar-refractivity contribution in [3.8, 4) is 12.0 Å². The molecule has 0 aliphatic heterocycles. The molecule has 0 amide bonds. The summed E-state index contributed by atoms with van der Waals surface area (Å²) in [7, 11) is -3.39. The van der Waals surface area contributed by atoms with Crippen LogP contribution in [0.2, 0.25) is 0 Å². The molecule has 0 aromatic heterocycles. The van der Waals surface area contributed by atoms with Crippen molar-refractivity contribution in [1.82, 2.24) is 4.31 Å². The minimum Gasteiger partial charge on any atom is -0.224 e. The van der Waals surface area contributed by atoms with Gasteiger partial charge in [0.05, 0.1) is 12.8 Å². The monoisotopic (exact) mass is 299 g/mol. The van der Waals surface area contributed by atoms with E-state index >= 15 is 0 Å². The van der Waals surface area contributed by atoms with Gasteiger partial charge in [0.1, 0.15) is 0 Å². The third kappa shape index (κ3) is 4.37. The maximum atomic E-state index is 11.9. The van der Waals surface area contributed by atoms with Crippen LogP contribution in [-0.2, 0) is 16.6 Å². The van der Waals surface area contributed by atoms with Crippen molar-refractivity contribution in [3.63, 3.8) is 0 Å². The normalized spacial score (nSPS) is 10.6. The second kappa shape index (κ2) is 6.47. The Balaban J connectivity index is 2.29. The predicted molar refractivity (Wildman–Crippen MR) is 84.9 cm³/mol. The van der Waals surface area contributed by atoms with E-state index in [-0.39, 0.29) is 6.54 Å². The highest BCUT2D eigenvalue weighted by atomic mass is 32.2. The summed E-state index contributed by atoms with van der Waals surface area (Å²) >= 11 is 0. The van der Waals surface area contributed by atoms with E-state index in [1.807, 2.05) is 61.5 Å². The molecular weight excluding hydrogens is 282 g/mol. The third-order valence-corrected chi connectivity index (χ3v) is 4.05. The molecule has 0 aliphatic carbocycles. The molecule has 0 bridgehead atoms. The lowest BCUT2D eigenvalue weighted by Crippen LogP contribution is -2.24. The summed E-state index contributed by atoms with van der Waals surface area (Å²) in [6.45, 7) is 2.20. The highest BCUT2D eigenvalue weighted by molar-refractivity contribution is 7.88. The van der Waals surface area contributed by atoms with Crippen LogP contribution in [0.4, 0.5) is 0 Å². The van der Waals surface area contributed by atoms with Crippen molar-refractivity contribution < 1.29 is 8.42 Å². The van der Waals surface area contributed by atoms with Crippen LogP contribution in [-0.4, -0.2) is 19.0 Å². The van der Waals surface area contributed by atoms with Gasteiger partial charge in [-0.15, -0.1) is 0 Å². The molecule has 0 heterocycles. The molecule has 21 heavy (non-hydrogen) atoms. The van der Waals surface area contributed by atoms with E-state index in [0.717, 1.165) is 16.7 Å². The number of nitrogens with zero attached hydrogens (tertiary/aromatic N) is 1. The van der Waals surface area contributed by atoms with Crippen molar-refractivity contribution >= 4 is 10.0 Å². The first-order valence-corrected chi connectivity index (χ1v) is 8.40. The fraction of sp³-hybridized carbons (Fsp3) is 0.176. The van der Waals surface area contributed by atoms with Crippen molar-refractivity contribution in [2.45, 2.75) is 13.5 Å². The van der Waals surface area contributed by atoms with Gasteiger partial charge in [-0.3, -0.25) is 0 Å². The minimum atomic E-state index is -3.39. The molecule has 3 nitrogen and oxygen atoms in total. The molecule has 0 atom stereocenters. The van der Waals surface area contributed by atoms with Gasteiger partial charge >= 0.3 is 0 Å². The van der Waals surface area contributed by atoms with Gasteiger partial charge in [-0.2, -0.15) is 0 Å². The lowest BCUT2D eigenvalue weighted by Gasteiger charge is -2.14. The molecule has 0 saturated carbocycles. The molecule has 0 saturated heterocycles. The maximum Gasteiger partial charge on any atom is 0.239 e. The van der Waals surface area contributed by atoms with Gasteiger partial charge < -0.3 is 0 Å². The Labute approximate surface area is 126 Å². The molecule has 4 heteroatoms. The Bertz CT molecular complexity index is 771. The number of rotatable bonds is 3. The Morgan fingerprint density at radius 1 is 1.00 bits per heavy atom. The second-order valence-electron chi connectivity index (χ2n) is 4.81. The van der Waals surface area contributed by atoms with Crippen molar-refractivity contribution in [2.75, 3.05) is 6.26 Å². The van der Waals surface area contributed by atoms with Crippen LogP contribution in [0.15, 0.2) is 54.6 Å². The summed E-state index contributed by atoms with van der Waals surface area (Å²) in [5.41, 5.74) is 2.76. The lowest BCUT2D eigenvalue weighted by atomic mass is 10.1. The van der Waals surface area contributed by atoms with Crippen LogP contribution >= 0.6 is 0 Å². The summed E-state index contributed by atoms with van der Waals surface area (Å²) < 4.78 is 24.9. The van der Waals surface area contributed by atoms with E-state index in [0.29, 0.717) is 0 Å². The van der Waals surface area contributed by atoms with Gasteiger partial charge in [0.25, 0.3) is 0 Å². The molecule has 0 unspecified atom stereocenters. The molecular formula is C17H17NO2S. The molecule has 108 valence electrons. The van der Waals surface area contributed by atoms with Crippen LogP contribution in [0.1, 0.15) is 16.7 Å². The predicted octanol–water partition coefficient (Wildman–Crippen LogP) is 2.77. The van der Waals surface area contributed by atoms with Crippen LogP contribution in [0.25, 0.3) is 0 Å². The van der Waals surface area contributed by atoms with Gasteiger partial charge in [-0.25, -0.2) is 12.7 Å². The largest absolute Gasteiger partial charge is 0.239 e. The Kier molecular flexibility index (Phi) is 4.66. The summed E-state index contributed by atoms with van der Waals surface area (Å²) in [5.74, 6) is 2.94. The third-order valence-electron chi connectivity index (χ3n) is 3.03. The topological polar surface area (TPSA) is 37.4 Å². The zero-order valence-corrected chi connectivity index (χ0v) is 12.9. The second-order valence-corrected chi connectivity index (χ2v) is 6.71. The van der Waals surface area contributed by atoms with E-state index < -0.39 is 10.0 Å². The Morgan fingerprint density at radius 3 is 2.24 bits per heavy atom. The SMILES string of the molecule is Cc1ccccc1C#CN(Cc1ccccc1)S(C)(=O)=O. The summed E-state index contributed by atoms with van der Waals surface area (Å²) in [6.07, 6.45) is 1.17. The zero-order valence-electron chi connectivity index (χ0n) is 12.1. The number of aryl methyl sites for hydroxylation is 1. The smallest absolute Gasteiger partial charge is 0.224 e. The first-order valence-electron chi connectivity index (χ1n) is 6.56. The fourth-order valence-electron chi connectivity index (χ4n) is 1.82. The van der Waals surface area contributed by atoms with Crippen molar-refractivity contribution in [2.24, 2.45) is 0 Å². The molecule has 0 N–H and O–H groups in total. The van der Waals surface area contributed by atoms with Gasteiger partial charge in [0, 0.05) is 11.6 Å². The first-order chi connectivity index (χ1) is 9.97. The van der Waals surface area contributed by atoms with E-state index in [9.17, 15) is 8.42 Å². The first kappa shape index (κ1) is 15.1. The standard InChI is InChI=1S/C17H17NO2S/c1-15-8-6-7-11-17(15)12-13-18(21(2,19)20)14-16-9-4-3-5-10-16/h3-11H,14H2,1-2H3. The number of hydrogen-bond donors (Lipinski definition) is 0. The summed E-state index contributed by atoms with van der Waals surface area (Å²) in [5, 5.41) is 0. The molecule has 0 aliphatic rings. The highest BCUT2D eigenvalue weighted by Crippen LogP contribution is 2.09. The number of benzene rings is 2. The Morgan fingerprint density at radius 2 is 1.62 bits per heavy atom. The molecule has 2 aromatic rings. The van der Waals surface area contributed by atoms with E-state index in [2.05, 4.69) is 12.0 Å². The van der Waals surface area contributed by atoms with Crippen molar-refractivity contribution in [1.29, 1.82) is 0 Å². The Hall–Kier alpha value is -2.25. The van der Waals surface area contributed by atoms with Crippen molar-refractivity contribution in [3.05, 3.63) is 71.3 Å². The van der Waals surface area contributed by atoms with Gasteiger partial charge in [0.15, 0.2) is 0 Å². The quantitative estimate of drug-likeness (QED) is 0.645. The van der Waals surface area contributed by atoms with Crippen LogP contribution < -0.4 is 0 Å². The molecule has 0 spiro atoms. The maximum absolute atomic E-state index is 11.9. The van der Waals surface area contributed by atoms with E-state index in [1.54, 1.807) is 0 Å². The average molecular weight is 299 g/mol.